The first kappa shape index (κ1) is 21.9. The van der Waals surface area contributed by atoms with E-state index in [-0.39, 0.29) is 0 Å². The van der Waals surface area contributed by atoms with Crippen LogP contribution in [0.5, 0.6) is 0 Å². The van der Waals surface area contributed by atoms with Crippen molar-refractivity contribution in [2.45, 2.75) is 13.1 Å². The summed E-state index contributed by atoms with van der Waals surface area (Å²) in [6, 6.07) is 20.6. The van der Waals surface area contributed by atoms with Gasteiger partial charge in [-0.15, -0.1) is 0 Å². The van der Waals surface area contributed by atoms with Crippen molar-refractivity contribution in [1.82, 2.24) is 10.6 Å². The minimum atomic E-state index is 0.777. The first-order chi connectivity index (χ1) is 12.7. The lowest BCUT2D eigenvalue weighted by molar-refractivity contribution is 0.940. The molecule has 0 unspecified atom stereocenters. The summed E-state index contributed by atoms with van der Waals surface area (Å²) in [6.45, 7) is 1.55. The molecule has 0 fully saturated rings. The zero-order valence-corrected chi connectivity index (χ0v) is 19.0. The highest BCUT2D eigenvalue weighted by Crippen LogP contribution is 2.28. The molecule has 0 bridgehead atoms. The Morgan fingerprint density at radius 3 is 1.42 bits per heavy atom. The van der Waals surface area contributed by atoms with Crippen molar-refractivity contribution in [3.8, 4) is 0 Å². The van der Waals surface area contributed by atoms with E-state index in [1.165, 1.54) is 11.1 Å². The SMILES string of the molecule is S=C(NCc1ccccc1)SSCCSSC(=S)NCc1ccccc1. The van der Waals surface area contributed by atoms with Crippen LogP contribution in [0.25, 0.3) is 0 Å². The largest absolute Gasteiger partial charge is 0.366 e. The number of nitrogens with one attached hydrogen (secondary N) is 2. The molecule has 26 heavy (non-hydrogen) atoms. The molecule has 138 valence electrons. The fourth-order valence-corrected chi connectivity index (χ4v) is 6.78. The summed E-state index contributed by atoms with van der Waals surface area (Å²) in [7, 11) is 6.80. The maximum Gasteiger partial charge on any atom is 0.144 e. The molecule has 0 aliphatic heterocycles. The molecule has 0 heterocycles. The summed E-state index contributed by atoms with van der Waals surface area (Å²) in [5.41, 5.74) is 2.48. The molecule has 8 heteroatoms. The average molecular weight is 457 g/mol. The second-order valence-corrected chi connectivity index (χ2v) is 11.2. The van der Waals surface area contributed by atoms with E-state index < -0.39 is 0 Å². The van der Waals surface area contributed by atoms with Crippen molar-refractivity contribution in [2.75, 3.05) is 11.5 Å². The van der Waals surface area contributed by atoms with Gasteiger partial charge in [-0.3, -0.25) is 0 Å². The van der Waals surface area contributed by atoms with Gasteiger partial charge in [-0.05, 0) is 32.7 Å². The first-order valence-corrected chi connectivity index (χ1v) is 13.4. The third-order valence-electron chi connectivity index (χ3n) is 3.08. The molecule has 2 aromatic rings. The van der Waals surface area contributed by atoms with E-state index in [1.807, 2.05) is 36.4 Å². The summed E-state index contributed by atoms with van der Waals surface area (Å²) in [6.07, 6.45) is 0. The van der Waals surface area contributed by atoms with Gasteiger partial charge in [0.05, 0.1) is 0 Å². The zero-order valence-electron chi connectivity index (χ0n) is 14.1. The number of hydrogen-bond acceptors (Lipinski definition) is 6. The molecule has 2 rings (SSSR count). The molecule has 2 aromatic carbocycles. The Hall–Kier alpha value is -0.380. The lowest BCUT2D eigenvalue weighted by atomic mass is 10.2. The third kappa shape index (κ3) is 10.1. The fraction of sp³-hybridized carbons (Fsp3) is 0.222. The molecule has 0 saturated heterocycles. The lowest BCUT2D eigenvalue weighted by Gasteiger charge is -2.08. The topological polar surface area (TPSA) is 24.1 Å². The highest BCUT2D eigenvalue weighted by Gasteiger charge is 2.01. The second-order valence-electron chi connectivity index (χ2n) is 5.06. The Balaban J connectivity index is 1.45. The van der Waals surface area contributed by atoms with Gasteiger partial charge in [0.1, 0.15) is 8.64 Å². The molecular weight excluding hydrogens is 437 g/mol. The number of benzene rings is 2. The third-order valence-corrected chi connectivity index (χ3v) is 9.03. The number of thiocarbonyl (C=S) groups is 2. The highest BCUT2D eigenvalue weighted by atomic mass is 33.1. The predicted molar refractivity (Wildman–Crippen MR) is 132 cm³/mol. The summed E-state index contributed by atoms with van der Waals surface area (Å²) in [4.78, 5) is 0. The normalized spacial score (nSPS) is 10.3. The van der Waals surface area contributed by atoms with Crippen molar-refractivity contribution < 1.29 is 0 Å². The van der Waals surface area contributed by atoms with E-state index in [2.05, 4.69) is 34.9 Å². The van der Waals surface area contributed by atoms with Crippen LogP contribution >= 0.6 is 67.6 Å². The van der Waals surface area contributed by atoms with Gasteiger partial charge in [0.15, 0.2) is 0 Å². The minimum Gasteiger partial charge on any atom is -0.366 e. The highest BCUT2D eigenvalue weighted by molar-refractivity contribution is 8.85. The van der Waals surface area contributed by atoms with Gasteiger partial charge in [0.2, 0.25) is 0 Å². The van der Waals surface area contributed by atoms with Crippen LogP contribution in [0.4, 0.5) is 0 Å². The lowest BCUT2D eigenvalue weighted by Crippen LogP contribution is -2.17. The minimum absolute atomic E-state index is 0.777. The van der Waals surface area contributed by atoms with Crippen LogP contribution in [0.15, 0.2) is 60.7 Å². The first-order valence-electron chi connectivity index (χ1n) is 7.96. The van der Waals surface area contributed by atoms with Crippen LogP contribution in [0.2, 0.25) is 0 Å². The fourth-order valence-electron chi connectivity index (χ4n) is 1.86. The van der Waals surface area contributed by atoms with Crippen LogP contribution in [-0.2, 0) is 13.1 Å². The van der Waals surface area contributed by atoms with E-state index in [0.717, 1.165) is 33.2 Å². The summed E-state index contributed by atoms with van der Waals surface area (Å²) >= 11 is 10.7. The van der Waals surface area contributed by atoms with E-state index in [0.29, 0.717) is 0 Å². The van der Waals surface area contributed by atoms with Crippen LogP contribution in [0, 0.1) is 0 Å². The Bertz CT molecular complexity index is 606. The van der Waals surface area contributed by atoms with Crippen molar-refractivity contribution in [2.24, 2.45) is 0 Å². The van der Waals surface area contributed by atoms with Gasteiger partial charge >= 0.3 is 0 Å². The Morgan fingerprint density at radius 1 is 0.654 bits per heavy atom. The standard InChI is InChI=1S/C18H20N2S6/c21-17(19-13-15-7-3-1-4-8-15)25-23-11-12-24-26-18(22)20-14-16-9-5-2-6-10-16/h1-10H,11-14H2,(H,19,21)(H,20,22). The Labute approximate surface area is 182 Å². The quantitative estimate of drug-likeness (QED) is 0.273. The van der Waals surface area contributed by atoms with Crippen LogP contribution in [0.3, 0.4) is 0 Å². The van der Waals surface area contributed by atoms with Crippen molar-refractivity contribution in [3.63, 3.8) is 0 Å². The Morgan fingerprint density at radius 2 is 1.04 bits per heavy atom. The maximum absolute atomic E-state index is 5.34. The molecule has 0 spiro atoms. The molecule has 0 aliphatic rings. The molecule has 0 saturated carbocycles. The van der Waals surface area contributed by atoms with Gasteiger partial charge in [-0.25, -0.2) is 0 Å². The summed E-state index contributed by atoms with van der Waals surface area (Å²) in [5, 5.41) is 6.54. The Kier molecular flexibility index (Phi) is 11.6. The number of rotatable bonds is 9. The summed E-state index contributed by atoms with van der Waals surface area (Å²) < 4.78 is 1.66. The van der Waals surface area contributed by atoms with E-state index in [4.69, 9.17) is 24.4 Å². The number of hydrogen-bond donors (Lipinski definition) is 2. The van der Waals surface area contributed by atoms with Gasteiger partial charge in [0, 0.05) is 24.6 Å². The zero-order chi connectivity index (χ0) is 18.5. The van der Waals surface area contributed by atoms with Gasteiger partial charge in [-0.1, -0.05) is 107 Å². The van der Waals surface area contributed by atoms with Crippen molar-refractivity contribution in [1.29, 1.82) is 0 Å². The van der Waals surface area contributed by atoms with Gasteiger partial charge < -0.3 is 10.6 Å². The predicted octanol–water partition coefficient (Wildman–Crippen LogP) is 5.90. The van der Waals surface area contributed by atoms with Crippen LogP contribution in [0.1, 0.15) is 11.1 Å². The second kappa shape index (κ2) is 13.7. The molecule has 2 N–H and O–H groups in total. The average Bonchev–Trinajstić information content (AvgIpc) is 2.69. The van der Waals surface area contributed by atoms with Gasteiger partial charge in [0.25, 0.3) is 0 Å². The molecule has 0 amide bonds. The molecule has 0 aromatic heterocycles. The molecule has 0 aliphatic carbocycles. The van der Waals surface area contributed by atoms with Gasteiger partial charge in [-0.2, -0.15) is 0 Å². The molecule has 0 atom stereocenters. The smallest absolute Gasteiger partial charge is 0.144 e. The van der Waals surface area contributed by atoms with Crippen LogP contribution < -0.4 is 10.6 Å². The van der Waals surface area contributed by atoms with Crippen molar-refractivity contribution >= 4 is 76.3 Å². The molecule has 0 radical (unpaired) electrons. The maximum atomic E-state index is 5.34. The molecule has 2 nitrogen and oxygen atoms in total. The van der Waals surface area contributed by atoms with E-state index >= 15 is 0 Å². The van der Waals surface area contributed by atoms with Crippen LogP contribution in [-0.4, -0.2) is 20.1 Å². The van der Waals surface area contributed by atoms with Crippen molar-refractivity contribution in [3.05, 3.63) is 71.8 Å². The monoisotopic (exact) mass is 456 g/mol. The summed E-state index contributed by atoms with van der Waals surface area (Å²) in [5.74, 6) is 2.05. The van der Waals surface area contributed by atoms with E-state index in [1.54, 1.807) is 43.2 Å². The molecular formula is C18H20N2S6. The van der Waals surface area contributed by atoms with E-state index in [9.17, 15) is 0 Å².